The van der Waals surface area contributed by atoms with Crippen LogP contribution in [0.3, 0.4) is 0 Å². The summed E-state index contributed by atoms with van der Waals surface area (Å²) in [7, 11) is 0. The maximum absolute atomic E-state index is 11.6. The van der Waals surface area contributed by atoms with Gasteiger partial charge in [0.25, 0.3) is 0 Å². The summed E-state index contributed by atoms with van der Waals surface area (Å²) in [6.45, 7) is 7.80. The highest BCUT2D eigenvalue weighted by molar-refractivity contribution is 6.01. The average Bonchev–Trinajstić information content (AvgIpc) is 2.75. The van der Waals surface area contributed by atoms with Crippen LogP contribution in [-0.2, 0) is 9.59 Å². The predicted octanol–water partition coefficient (Wildman–Crippen LogP) is 0.457. The molecule has 2 heterocycles. The smallest absolute Gasteiger partial charge is 0.229 e. The van der Waals surface area contributed by atoms with Crippen LogP contribution < -0.4 is 5.32 Å². The number of piperidine rings is 1. The summed E-state index contributed by atoms with van der Waals surface area (Å²) < 4.78 is 0. The third-order valence-electron chi connectivity index (χ3n) is 4.16. The maximum Gasteiger partial charge on any atom is 0.229 e. The van der Waals surface area contributed by atoms with Crippen molar-refractivity contribution in [3.63, 3.8) is 0 Å². The van der Waals surface area contributed by atoms with Gasteiger partial charge in [0.1, 0.15) is 0 Å². The minimum atomic E-state index is 0.000358. The second-order valence-corrected chi connectivity index (χ2v) is 5.54. The maximum atomic E-state index is 11.6. The van der Waals surface area contributed by atoms with E-state index in [1.807, 2.05) is 0 Å². The molecule has 19 heavy (non-hydrogen) atoms. The highest BCUT2D eigenvalue weighted by Crippen LogP contribution is 2.14. The summed E-state index contributed by atoms with van der Waals surface area (Å²) in [5, 5.41) is 3.43. The van der Waals surface area contributed by atoms with Crippen molar-refractivity contribution >= 4 is 11.8 Å². The number of imide groups is 1. The fraction of sp³-hybridized carbons (Fsp3) is 0.857. The predicted molar refractivity (Wildman–Crippen MR) is 73.7 cm³/mol. The van der Waals surface area contributed by atoms with Crippen LogP contribution in [0, 0.1) is 5.92 Å². The van der Waals surface area contributed by atoms with E-state index < -0.39 is 0 Å². The SMILES string of the molecule is CCN(CCN1C(=O)CCC1=O)CC1CCCNC1. The lowest BCUT2D eigenvalue weighted by molar-refractivity contribution is -0.138. The molecule has 0 aliphatic carbocycles. The molecule has 1 N–H and O–H groups in total. The lowest BCUT2D eigenvalue weighted by Gasteiger charge is -2.30. The molecule has 0 aromatic rings. The summed E-state index contributed by atoms with van der Waals surface area (Å²) in [4.78, 5) is 26.9. The van der Waals surface area contributed by atoms with Crippen molar-refractivity contribution < 1.29 is 9.59 Å². The molecule has 0 radical (unpaired) electrons. The molecule has 108 valence electrons. The number of nitrogens with zero attached hydrogens (tertiary/aromatic N) is 2. The zero-order valence-electron chi connectivity index (χ0n) is 11.9. The molecule has 2 aliphatic heterocycles. The molecule has 2 aliphatic rings. The third kappa shape index (κ3) is 4.01. The summed E-state index contributed by atoms with van der Waals surface area (Å²) in [6.07, 6.45) is 3.34. The molecule has 5 heteroatoms. The van der Waals surface area contributed by atoms with Gasteiger partial charge in [-0.1, -0.05) is 6.92 Å². The average molecular weight is 267 g/mol. The first-order valence-corrected chi connectivity index (χ1v) is 7.47. The minimum absolute atomic E-state index is 0.000358. The Morgan fingerprint density at radius 3 is 2.63 bits per heavy atom. The molecule has 5 nitrogen and oxygen atoms in total. The Kier molecular flexibility index (Phi) is 5.34. The van der Waals surface area contributed by atoms with Crippen molar-refractivity contribution in [1.82, 2.24) is 15.1 Å². The molecule has 0 spiro atoms. The fourth-order valence-corrected chi connectivity index (χ4v) is 2.94. The largest absolute Gasteiger partial charge is 0.316 e. The van der Waals surface area contributed by atoms with E-state index in [9.17, 15) is 9.59 Å². The lowest BCUT2D eigenvalue weighted by Crippen LogP contribution is -2.42. The molecule has 0 bridgehead atoms. The molecule has 2 rings (SSSR count). The topological polar surface area (TPSA) is 52.7 Å². The standard InChI is InChI=1S/C14H25N3O2/c1-2-16(11-12-4-3-7-15-10-12)8-9-17-13(18)5-6-14(17)19/h12,15H,2-11H2,1H3. The van der Waals surface area contributed by atoms with E-state index in [4.69, 9.17) is 0 Å². The quantitative estimate of drug-likeness (QED) is 0.710. The van der Waals surface area contributed by atoms with Crippen LogP contribution in [0.5, 0.6) is 0 Å². The Morgan fingerprint density at radius 1 is 1.32 bits per heavy atom. The van der Waals surface area contributed by atoms with Gasteiger partial charge in [-0.25, -0.2) is 0 Å². The molecular formula is C14H25N3O2. The van der Waals surface area contributed by atoms with Crippen LogP contribution in [0.2, 0.25) is 0 Å². The number of amides is 2. The van der Waals surface area contributed by atoms with E-state index in [-0.39, 0.29) is 11.8 Å². The lowest BCUT2D eigenvalue weighted by atomic mass is 9.99. The molecule has 0 saturated carbocycles. The van der Waals surface area contributed by atoms with E-state index >= 15 is 0 Å². The highest BCUT2D eigenvalue weighted by Gasteiger charge is 2.28. The molecule has 0 aromatic carbocycles. The zero-order valence-corrected chi connectivity index (χ0v) is 11.9. The van der Waals surface area contributed by atoms with Gasteiger partial charge in [0.2, 0.25) is 11.8 Å². The van der Waals surface area contributed by atoms with Crippen LogP contribution in [0.15, 0.2) is 0 Å². The van der Waals surface area contributed by atoms with Crippen LogP contribution in [0.25, 0.3) is 0 Å². The van der Waals surface area contributed by atoms with E-state index in [0.29, 0.717) is 25.3 Å². The molecule has 2 saturated heterocycles. The van der Waals surface area contributed by atoms with Gasteiger partial charge in [0.15, 0.2) is 0 Å². The minimum Gasteiger partial charge on any atom is -0.316 e. The molecule has 1 atom stereocenters. The van der Waals surface area contributed by atoms with Gasteiger partial charge in [-0.05, 0) is 38.4 Å². The summed E-state index contributed by atoms with van der Waals surface area (Å²) in [5.41, 5.74) is 0. The van der Waals surface area contributed by atoms with Crippen molar-refractivity contribution in [2.75, 3.05) is 39.3 Å². The first-order chi connectivity index (χ1) is 9.20. The molecule has 1 unspecified atom stereocenters. The first-order valence-electron chi connectivity index (χ1n) is 7.47. The van der Waals surface area contributed by atoms with Gasteiger partial charge in [-0.2, -0.15) is 0 Å². The summed E-state index contributed by atoms with van der Waals surface area (Å²) in [6, 6.07) is 0. The third-order valence-corrected chi connectivity index (χ3v) is 4.16. The van der Waals surface area contributed by atoms with Crippen molar-refractivity contribution in [2.24, 2.45) is 5.92 Å². The van der Waals surface area contributed by atoms with Gasteiger partial charge in [-0.15, -0.1) is 0 Å². The van der Waals surface area contributed by atoms with Gasteiger partial charge in [0, 0.05) is 32.5 Å². The van der Waals surface area contributed by atoms with Gasteiger partial charge >= 0.3 is 0 Å². The normalized spacial score (nSPS) is 24.5. The van der Waals surface area contributed by atoms with E-state index in [2.05, 4.69) is 17.1 Å². The first kappa shape index (κ1) is 14.5. The highest BCUT2D eigenvalue weighted by atomic mass is 16.2. The number of likely N-dealkylation sites (N-methyl/N-ethyl adjacent to an activating group) is 1. The molecule has 2 amide bonds. The number of nitrogens with one attached hydrogen (secondary N) is 1. The van der Waals surface area contributed by atoms with Crippen LogP contribution in [-0.4, -0.2) is 60.9 Å². The Bertz CT molecular complexity index is 311. The van der Waals surface area contributed by atoms with Crippen molar-refractivity contribution in [1.29, 1.82) is 0 Å². The van der Waals surface area contributed by atoms with Crippen LogP contribution in [0.4, 0.5) is 0 Å². The van der Waals surface area contributed by atoms with Crippen molar-refractivity contribution in [3.8, 4) is 0 Å². The second-order valence-electron chi connectivity index (χ2n) is 5.54. The second kappa shape index (κ2) is 7.01. The number of rotatable bonds is 6. The fourth-order valence-electron chi connectivity index (χ4n) is 2.94. The van der Waals surface area contributed by atoms with Gasteiger partial charge in [0.05, 0.1) is 0 Å². The summed E-state index contributed by atoms with van der Waals surface area (Å²) in [5.74, 6) is 0.708. The number of carbonyl (C=O) groups excluding carboxylic acids is 2. The van der Waals surface area contributed by atoms with E-state index in [0.717, 1.165) is 32.7 Å². The Hall–Kier alpha value is -0.940. The number of carbonyl (C=O) groups is 2. The summed E-state index contributed by atoms with van der Waals surface area (Å²) >= 11 is 0. The Labute approximate surface area is 115 Å². The molecular weight excluding hydrogens is 242 g/mol. The van der Waals surface area contributed by atoms with Gasteiger partial charge < -0.3 is 10.2 Å². The van der Waals surface area contributed by atoms with E-state index in [1.165, 1.54) is 17.7 Å². The monoisotopic (exact) mass is 267 g/mol. The number of likely N-dealkylation sites (tertiary alicyclic amines) is 1. The Balaban J connectivity index is 1.75. The molecule has 0 aromatic heterocycles. The van der Waals surface area contributed by atoms with Crippen LogP contribution >= 0.6 is 0 Å². The van der Waals surface area contributed by atoms with Crippen LogP contribution in [0.1, 0.15) is 32.6 Å². The number of hydrogen-bond donors (Lipinski definition) is 1. The zero-order chi connectivity index (χ0) is 13.7. The van der Waals surface area contributed by atoms with Gasteiger partial charge in [-0.3, -0.25) is 14.5 Å². The number of hydrogen-bond acceptors (Lipinski definition) is 4. The van der Waals surface area contributed by atoms with Crippen molar-refractivity contribution in [2.45, 2.75) is 32.6 Å². The van der Waals surface area contributed by atoms with Crippen molar-refractivity contribution in [3.05, 3.63) is 0 Å². The molecule has 2 fully saturated rings. The van der Waals surface area contributed by atoms with E-state index in [1.54, 1.807) is 0 Å². The Morgan fingerprint density at radius 2 is 2.05 bits per heavy atom.